The average Bonchev–Trinajstić information content (AvgIpc) is 2.68. The molecule has 0 aliphatic rings. The lowest BCUT2D eigenvalue weighted by atomic mass is 10.1. The summed E-state index contributed by atoms with van der Waals surface area (Å²) in [7, 11) is 0. The number of halogens is 3. The largest absolute Gasteiger partial charge is 0.469 e. The topological polar surface area (TPSA) is 13.1 Å². The number of aryl methyl sites for hydroxylation is 1. The molecule has 0 N–H and O–H groups in total. The van der Waals surface area contributed by atoms with Crippen molar-refractivity contribution in [1.82, 2.24) is 0 Å². The maximum absolute atomic E-state index is 13.1. The van der Waals surface area contributed by atoms with Gasteiger partial charge in [0.25, 0.3) is 0 Å². The van der Waals surface area contributed by atoms with Crippen molar-refractivity contribution >= 4 is 31.9 Å². The predicted molar refractivity (Wildman–Crippen MR) is 68.3 cm³/mol. The summed E-state index contributed by atoms with van der Waals surface area (Å²) in [6.45, 7) is 1.89. The first-order chi connectivity index (χ1) is 7.58. The Morgan fingerprint density at radius 1 is 1.25 bits per heavy atom. The van der Waals surface area contributed by atoms with Crippen LogP contribution in [0.2, 0.25) is 0 Å². The lowest BCUT2D eigenvalue weighted by Crippen LogP contribution is -1.91. The van der Waals surface area contributed by atoms with E-state index < -0.39 is 0 Å². The average molecular weight is 348 g/mol. The highest BCUT2D eigenvalue weighted by Crippen LogP contribution is 2.33. The molecule has 2 rings (SSSR count). The third-order valence-electron chi connectivity index (χ3n) is 2.28. The van der Waals surface area contributed by atoms with E-state index in [4.69, 9.17) is 4.42 Å². The molecule has 0 bridgehead atoms. The van der Waals surface area contributed by atoms with Gasteiger partial charge >= 0.3 is 0 Å². The molecule has 2 aromatic rings. The van der Waals surface area contributed by atoms with Crippen LogP contribution < -0.4 is 0 Å². The molecule has 0 radical (unpaired) electrons. The molecule has 1 atom stereocenters. The summed E-state index contributed by atoms with van der Waals surface area (Å²) in [4.78, 5) is 0.0156. The minimum atomic E-state index is -0.258. The Bertz CT molecular complexity index is 507. The molecule has 1 aromatic heterocycles. The Morgan fingerprint density at radius 2 is 2.00 bits per heavy atom. The van der Waals surface area contributed by atoms with Gasteiger partial charge in [-0.05, 0) is 46.6 Å². The van der Waals surface area contributed by atoms with Crippen molar-refractivity contribution in [2.75, 3.05) is 0 Å². The van der Waals surface area contributed by atoms with Gasteiger partial charge in [0.05, 0.1) is 15.6 Å². The fourth-order valence-corrected chi connectivity index (χ4v) is 2.38. The monoisotopic (exact) mass is 346 g/mol. The number of benzene rings is 1. The maximum Gasteiger partial charge on any atom is 0.137 e. The highest BCUT2D eigenvalue weighted by atomic mass is 79.9. The van der Waals surface area contributed by atoms with E-state index in [-0.39, 0.29) is 10.6 Å². The van der Waals surface area contributed by atoms with Crippen LogP contribution in [0.1, 0.15) is 21.7 Å². The molecule has 1 unspecified atom stereocenters. The second-order valence-corrected chi connectivity index (χ2v) is 5.30. The van der Waals surface area contributed by atoms with E-state index >= 15 is 0 Å². The molecule has 1 nitrogen and oxygen atoms in total. The van der Waals surface area contributed by atoms with Gasteiger partial charge in [0, 0.05) is 5.56 Å². The minimum absolute atomic E-state index is 0.0156. The number of hydrogen-bond donors (Lipinski definition) is 0. The Balaban J connectivity index is 2.33. The van der Waals surface area contributed by atoms with Gasteiger partial charge in [0.1, 0.15) is 11.6 Å². The van der Waals surface area contributed by atoms with Crippen molar-refractivity contribution < 1.29 is 8.81 Å². The molecule has 1 heterocycles. The Morgan fingerprint density at radius 3 is 2.56 bits per heavy atom. The van der Waals surface area contributed by atoms with Crippen molar-refractivity contribution in [3.8, 4) is 0 Å². The first kappa shape index (κ1) is 11.9. The molecule has 84 valence electrons. The second-order valence-electron chi connectivity index (χ2n) is 3.53. The molecule has 0 aliphatic carbocycles. The summed E-state index contributed by atoms with van der Waals surface area (Å²) < 4.78 is 18.8. The highest BCUT2D eigenvalue weighted by Gasteiger charge is 2.13. The molecule has 0 aliphatic heterocycles. The fourth-order valence-electron chi connectivity index (χ4n) is 1.46. The lowest BCUT2D eigenvalue weighted by Gasteiger charge is -2.08. The van der Waals surface area contributed by atoms with Gasteiger partial charge in [0.15, 0.2) is 0 Å². The Kier molecular flexibility index (Phi) is 3.50. The Hall–Kier alpha value is -0.610. The number of furan rings is 1. The zero-order chi connectivity index (χ0) is 11.7. The van der Waals surface area contributed by atoms with E-state index in [0.29, 0.717) is 4.47 Å². The quantitative estimate of drug-likeness (QED) is 0.699. The zero-order valence-electron chi connectivity index (χ0n) is 8.51. The first-order valence-corrected chi connectivity index (χ1v) is 6.43. The van der Waals surface area contributed by atoms with Crippen molar-refractivity contribution in [3.05, 3.63) is 57.7 Å². The summed E-state index contributed by atoms with van der Waals surface area (Å²) in [5, 5.41) is 0. The minimum Gasteiger partial charge on any atom is -0.469 e. The Labute approximate surface area is 110 Å². The van der Waals surface area contributed by atoms with Gasteiger partial charge in [0.2, 0.25) is 0 Å². The number of alkyl halides is 1. The van der Waals surface area contributed by atoms with Crippen LogP contribution in [0.4, 0.5) is 4.39 Å². The van der Waals surface area contributed by atoms with E-state index in [0.717, 1.165) is 16.9 Å². The van der Waals surface area contributed by atoms with Crippen LogP contribution in [0.3, 0.4) is 0 Å². The predicted octanol–water partition coefficient (Wildman–Crippen LogP) is 4.97. The molecule has 0 spiro atoms. The number of rotatable bonds is 2. The molecule has 4 heteroatoms. The molecule has 1 aromatic carbocycles. The van der Waals surface area contributed by atoms with E-state index in [1.165, 1.54) is 6.07 Å². The van der Waals surface area contributed by atoms with Crippen molar-refractivity contribution in [3.63, 3.8) is 0 Å². The lowest BCUT2D eigenvalue weighted by molar-refractivity contribution is 0.532. The van der Waals surface area contributed by atoms with Crippen LogP contribution in [0.15, 0.2) is 39.4 Å². The van der Waals surface area contributed by atoms with E-state index in [1.807, 2.05) is 13.0 Å². The zero-order valence-corrected chi connectivity index (χ0v) is 11.7. The maximum atomic E-state index is 13.1. The summed E-state index contributed by atoms with van der Waals surface area (Å²) in [6.07, 6.45) is 1.70. The summed E-state index contributed by atoms with van der Waals surface area (Å²) in [6, 6.07) is 6.91. The van der Waals surface area contributed by atoms with Crippen LogP contribution in [0, 0.1) is 12.7 Å². The van der Waals surface area contributed by atoms with E-state index in [2.05, 4.69) is 31.9 Å². The second kappa shape index (κ2) is 4.72. The van der Waals surface area contributed by atoms with Crippen molar-refractivity contribution in [1.29, 1.82) is 0 Å². The highest BCUT2D eigenvalue weighted by molar-refractivity contribution is 9.10. The third-order valence-corrected chi connectivity index (χ3v) is 3.94. The normalized spacial score (nSPS) is 12.8. The van der Waals surface area contributed by atoms with Crippen molar-refractivity contribution in [2.45, 2.75) is 11.8 Å². The van der Waals surface area contributed by atoms with Gasteiger partial charge < -0.3 is 4.42 Å². The summed E-state index contributed by atoms with van der Waals surface area (Å²) >= 11 is 6.74. The van der Waals surface area contributed by atoms with E-state index in [1.54, 1.807) is 18.4 Å². The number of hydrogen-bond acceptors (Lipinski definition) is 1. The van der Waals surface area contributed by atoms with Gasteiger partial charge in [-0.25, -0.2) is 4.39 Å². The molecular weight excluding hydrogens is 339 g/mol. The van der Waals surface area contributed by atoms with Crippen molar-refractivity contribution in [2.24, 2.45) is 0 Å². The van der Waals surface area contributed by atoms with Crippen LogP contribution in [0.25, 0.3) is 0 Å². The SMILES string of the molecule is Cc1cc(C(Br)c2ccc(F)c(Br)c2)co1. The molecular formula is C12H9Br2FO. The molecule has 0 amide bonds. The summed E-state index contributed by atoms with van der Waals surface area (Å²) in [5.41, 5.74) is 2.00. The molecule has 0 saturated carbocycles. The summed E-state index contributed by atoms with van der Waals surface area (Å²) in [5.74, 6) is 0.604. The van der Waals surface area contributed by atoms with Crippen LogP contribution >= 0.6 is 31.9 Å². The smallest absolute Gasteiger partial charge is 0.137 e. The van der Waals surface area contributed by atoms with Gasteiger partial charge in [-0.2, -0.15) is 0 Å². The third kappa shape index (κ3) is 2.38. The fraction of sp³-hybridized carbons (Fsp3) is 0.167. The molecule has 16 heavy (non-hydrogen) atoms. The van der Waals surface area contributed by atoms with Crippen LogP contribution in [-0.2, 0) is 0 Å². The molecule has 0 saturated heterocycles. The van der Waals surface area contributed by atoms with Crippen LogP contribution in [0.5, 0.6) is 0 Å². The van der Waals surface area contributed by atoms with Crippen LogP contribution in [-0.4, -0.2) is 0 Å². The standard InChI is InChI=1S/C12H9Br2FO/c1-7-4-9(6-16-7)12(14)8-2-3-11(15)10(13)5-8/h2-6,12H,1H3. The molecule has 0 fully saturated rings. The van der Waals surface area contributed by atoms with E-state index in [9.17, 15) is 4.39 Å². The van der Waals surface area contributed by atoms with Gasteiger partial charge in [-0.15, -0.1) is 0 Å². The van der Waals surface area contributed by atoms with Gasteiger partial charge in [-0.1, -0.05) is 22.0 Å². The van der Waals surface area contributed by atoms with Gasteiger partial charge in [-0.3, -0.25) is 0 Å². The first-order valence-electron chi connectivity index (χ1n) is 4.72.